The first-order valence-corrected chi connectivity index (χ1v) is 6.81. The molecule has 0 aliphatic rings. The molecular weight excluding hydrogens is 222 g/mol. The van der Waals surface area contributed by atoms with Gasteiger partial charge in [0, 0.05) is 12.1 Å². The lowest BCUT2D eigenvalue weighted by Gasteiger charge is -2.24. The molecule has 2 nitrogen and oxygen atoms in total. The normalized spacial score (nSPS) is 11.7. The van der Waals surface area contributed by atoms with Crippen molar-refractivity contribution in [2.45, 2.75) is 53.5 Å². The molecule has 102 valence electrons. The average molecular weight is 249 g/mol. The van der Waals surface area contributed by atoms with E-state index in [-0.39, 0.29) is 5.54 Å². The Hall–Kier alpha value is -1.02. The summed E-state index contributed by atoms with van der Waals surface area (Å²) >= 11 is 0. The summed E-state index contributed by atoms with van der Waals surface area (Å²) in [6, 6.07) is 4.34. The third-order valence-corrected chi connectivity index (χ3v) is 3.44. The molecule has 0 atom stereocenters. The monoisotopic (exact) mass is 249 g/mol. The maximum Gasteiger partial charge on any atom is 0.125 e. The Morgan fingerprint density at radius 3 is 2.17 bits per heavy atom. The third-order valence-electron chi connectivity index (χ3n) is 3.44. The fourth-order valence-corrected chi connectivity index (χ4v) is 2.06. The minimum Gasteiger partial charge on any atom is -0.492 e. The maximum atomic E-state index is 5.90. The quantitative estimate of drug-likeness (QED) is 0.775. The van der Waals surface area contributed by atoms with Gasteiger partial charge in [0.05, 0.1) is 0 Å². The molecule has 18 heavy (non-hydrogen) atoms. The van der Waals surface area contributed by atoms with Gasteiger partial charge in [0.2, 0.25) is 0 Å². The molecule has 2 heteroatoms. The minimum absolute atomic E-state index is 0.195. The third kappa shape index (κ3) is 4.34. The molecule has 0 radical (unpaired) electrons. The zero-order valence-electron chi connectivity index (χ0n) is 12.7. The lowest BCUT2D eigenvalue weighted by atomic mass is 10.0. The topological polar surface area (TPSA) is 21.3 Å². The van der Waals surface area contributed by atoms with Crippen LogP contribution in [0.15, 0.2) is 12.1 Å². The lowest BCUT2D eigenvalue weighted by Crippen LogP contribution is -2.40. The highest BCUT2D eigenvalue weighted by atomic mass is 16.5. The summed E-state index contributed by atoms with van der Waals surface area (Å²) in [7, 11) is 0. The molecule has 0 bridgehead atoms. The van der Waals surface area contributed by atoms with Crippen LogP contribution in [0.5, 0.6) is 5.75 Å². The number of hydrogen-bond donors (Lipinski definition) is 1. The van der Waals surface area contributed by atoms with E-state index in [4.69, 9.17) is 4.74 Å². The zero-order chi connectivity index (χ0) is 13.8. The molecule has 0 amide bonds. The van der Waals surface area contributed by atoms with Crippen LogP contribution in [0.1, 0.15) is 43.9 Å². The Balaban J connectivity index is 2.50. The number of ether oxygens (including phenoxy) is 1. The van der Waals surface area contributed by atoms with Crippen molar-refractivity contribution in [3.63, 3.8) is 0 Å². The van der Waals surface area contributed by atoms with Crippen LogP contribution in [0.4, 0.5) is 0 Å². The summed E-state index contributed by atoms with van der Waals surface area (Å²) in [6.45, 7) is 14.6. The SMILES string of the molecule is CCC(C)(C)NCCOc1c(C)cc(C)cc1C. The molecule has 1 aromatic carbocycles. The first kappa shape index (κ1) is 15.0. The van der Waals surface area contributed by atoms with Gasteiger partial charge in [0.15, 0.2) is 0 Å². The predicted octanol–water partition coefficient (Wildman–Crippen LogP) is 3.77. The Kier molecular flexibility index (Phi) is 5.21. The van der Waals surface area contributed by atoms with E-state index < -0.39 is 0 Å². The number of benzene rings is 1. The van der Waals surface area contributed by atoms with Gasteiger partial charge < -0.3 is 10.1 Å². The van der Waals surface area contributed by atoms with E-state index in [2.05, 4.69) is 59.0 Å². The highest BCUT2D eigenvalue weighted by Crippen LogP contribution is 2.24. The molecule has 0 heterocycles. The summed E-state index contributed by atoms with van der Waals surface area (Å²) in [6.07, 6.45) is 1.12. The summed E-state index contributed by atoms with van der Waals surface area (Å²) in [5.41, 5.74) is 3.94. The van der Waals surface area contributed by atoms with E-state index in [1.807, 2.05) is 0 Å². The highest BCUT2D eigenvalue weighted by molar-refractivity contribution is 5.42. The van der Waals surface area contributed by atoms with Crippen molar-refractivity contribution in [3.8, 4) is 5.75 Å². The van der Waals surface area contributed by atoms with Crippen molar-refractivity contribution < 1.29 is 4.74 Å². The van der Waals surface area contributed by atoms with E-state index in [9.17, 15) is 0 Å². The van der Waals surface area contributed by atoms with Crippen molar-refractivity contribution in [1.82, 2.24) is 5.32 Å². The largest absolute Gasteiger partial charge is 0.492 e. The summed E-state index contributed by atoms with van der Waals surface area (Å²) < 4.78 is 5.90. The second-order valence-electron chi connectivity index (χ2n) is 5.74. The fourth-order valence-electron chi connectivity index (χ4n) is 2.06. The Morgan fingerprint density at radius 2 is 1.67 bits per heavy atom. The van der Waals surface area contributed by atoms with Crippen LogP contribution in [-0.4, -0.2) is 18.7 Å². The van der Waals surface area contributed by atoms with E-state index in [0.717, 1.165) is 18.7 Å². The second-order valence-corrected chi connectivity index (χ2v) is 5.74. The van der Waals surface area contributed by atoms with Crippen LogP contribution in [0.3, 0.4) is 0 Å². The molecule has 0 fully saturated rings. The van der Waals surface area contributed by atoms with Gasteiger partial charge in [0.1, 0.15) is 12.4 Å². The van der Waals surface area contributed by atoms with Crippen LogP contribution in [0.25, 0.3) is 0 Å². The molecule has 0 aliphatic heterocycles. The van der Waals surface area contributed by atoms with Crippen molar-refractivity contribution in [2.24, 2.45) is 0 Å². The number of nitrogens with one attached hydrogen (secondary N) is 1. The van der Waals surface area contributed by atoms with Gasteiger partial charge in [-0.05, 0) is 52.2 Å². The van der Waals surface area contributed by atoms with Gasteiger partial charge in [-0.25, -0.2) is 0 Å². The molecule has 0 saturated carbocycles. The first-order chi connectivity index (χ1) is 8.35. The molecule has 0 saturated heterocycles. The second kappa shape index (κ2) is 6.24. The van der Waals surface area contributed by atoms with Crippen molar-refractivity contribution in [1.29, 1.82) is 0 Å². The number of rotatable bonds is 6. The van der Waals surface area contributed by atoms with Crippen molar-refractivity contribution >= 4 is 0 Å². The van der Waals surface area contributed by atoms with Crippen LogP contribution in [0.2, 0.25) is 0 Å². The molecule has 0 spiro atoms. The molecule has 0 aliphatic carbocycles. The smallest absolute Gasteiger partial charge is 0.125 e. The van der Waals surface area contributed by atoms with E-state index in [1.165, 1.54) is 16.7 Å². The van der Waals surface area contributed by atoms with Gasteiger partial charge in [0.25, 0.3) is 0 Å². The molecular formula is C16H27NO. The standard InChI is InChI=1S/C16H27NO/c1-7-16(5,6)17-8-9-18-15-13(3)10-12(2)11-14(15)4/h10-11,17H,7-9H2,1-6H3. The van der Waals surface area contributed by atoms with Gasteiger partial charge in [-0.1, -0.05) is 24.6 Å². The van der Waals surface area contributed by atoms with Gasteiger partial charge in [-0.3, -0.25) is 0 Å². The van der Waals surface area contributed by atoms with Gasteiger partial charge in [-0.15, -0.1) is 0 Å². The van der Waals surface area contributed by atoms with Gasteiger partial charge in [-0.2, -0.15) is 0 Å². The van der Waals surface area contributed by atoms with E-state index in [0.29, 0.717) is 6.61 Å². The molecule has 1 aromatic rings. The average Bonchev–Trinajstić information content (AvgIpc) is 2.26. The summed E-state index contributed by atoms with van der Waals surface area (Å²) in [5.74, 6) is 1.04. The molecule has 0 unspecified atom stereocenters. The molecule has 1 N–H and O–H groups in total. The lowest BCUT2D eigenvalue weighted by molar-refractivity contribution is 0.278. The number of aryl methyl sites for hydroxylation is 3. The van der Waals surface area contributed by atoms with Crippen LogP contribution in [0, 0.1) is 20.8 Å². The maximum absolute atomic E-state index is 5.90. The highest BCUT2D eigenvalue weighted by Gasteiger charge is 2.13. The first-order valence-electron chi connectivity index (χ1n) is 6.81. The Bertz CT molecular complexity index is 373. The number of hydrogen-bond acceptors (Lipinski definition) is 2. The summed E-state index contributed by atoms with van der Waals surface area (Å²) in [5, 5.41) is 3.50. The van der Waals surface area contributed by atoms with Crippen LogP contribution in [-0.2, 0) is 0 Å². The van der Waals surface area contributed by atoms with Crippen LogP contribution >= 0.6 is 0 Å². The molecule has 0 aromatic heterocycles. The summed E-state index contributed by atoms with van der Waals surface area (Å²) in [4.78, 5) is 0. The zero-order valence-corrected chi connectivity index (χ0v) is 12.7. The Labute approximate surface area is 112 Å². The van der Waals surface area contributed by atoms with Crippen molar-refractivity contribution in [3.05, 3.63) is 28.8 Å². The van der Waals surface area contributed by atoms with Gasteiger partial charge >= 0.3 is 0 Å². The van der Waals surface area contributed by atoms with Crippen molar-refractivity contribution in [2.75, 3.05) is 13.2 Å². The minimum atomic E-state index is 0.195. The van der Waals surface area contributed by atoms with E-state index in [1.54, 1.807) is 0 Å². The fraction of sp³-hybridized carbons (Fsp3) is 0.625. The predicted molar refractivity (Wildman–Crippen MR) is 78.5 cm³/mol. The Morgan fingerprint density at radius 1 is 1.11 bits per heavy atom. The molecule has 1 rings (SSSR count). The van der Waals surface area contributed by atoms with Crippen LogP contribution < -0.4 is 10.1 Å². The van der Waals surface area contributed by atoms with E-state index >= 15 is 0 Å².